The summed E-state index contributed by atoms with van der Waals surface area (Å²) in [6.45, 7) is 3.69. The summed E-state index contributed by atoms with van der Waals surface area (Å²) in [5, 5.41) is 2.14. The number of fused-ring (bicyclic) bond motifs is 1. The highest BCUT2D eigenvalue weighted by Crippen LogP contribution is 2.23. The van der Waals surface area contributed by atoms with Crippen molar-refractivity contribution in [3.63, 3.8) is 0 Å². The van der Waals surface area contributed by atoms with Gasteiger partial charge in [-0.3, -0.25) is 0 Å². The van der Waals surface area contributed by atoms with Gasteiger partial charge >= 0.3 is 0 Å². The number of rotatable bonds is 3. The van der Waals surface area contributed by atoms with Gasteiger partial charge in [0, 0.05) is 11.1 Å². The average Bonchev–Trinajstić information content (AvgIpc) is 2.26. The zero-order valence-corrected chi connectivity index (χ0v) is 8.50. The second kappa shape index (κ2) is 4.24. The maximum Gasteiger partial charge on any atom is 0.117 e. The Bertz CT molecular complexity index is 448. The lowest BCUT2D eigenvalue weighted by Crippen LogP contribution is -1.86. The molecule has 1 aromatic carbocycles. The van der Waals surface area contributed by atoms with Crippen LogP contribution in [0, 0.1) is 0 Å². The SMILES string of the molecule is C=CCSc1ncnc2ccccc12. The highest BCUT2D eigenvalue weighted by atomic mass is 32.2. The molecule has 0 spiro atoms. The van der Waals surface area contributed by atoms with Gasteiger partial charge in [0.2, 0.25) is 0 Å². The highest BCUT2D eigenvalue weighted by molar-refractivity contribution is 7.99. The van der Waals surface area contributed by atoms with Gasteiger partial charge in [-0.1, -0.05) is 24.3 Å². The van der Waals surface area contributed by atoms with E-state index < -0.39 is 0 Å². The number of hydrogen-bond donors (Lipinski definition) is 0. The lowest BCUT2D eigenvalue weighted by atomic mass is 10.2. The molecule has 0 aliphatic rings. The summed E-state index contributed by atoms with van der Waals surface area (Å²) in [5.74, 6) is 0.876. The van der Waals surface area contributed by atoms with Gasteiger partial charge in [-0.2, -0.15) is 0 Å². The second-order valence-electron chi connectivity index (χ2n) is 2.80. The van der Waals surface area contributed by atoms with Crippen LogP contribution in [0.25, 0.3) is 10.9 Å². The first kappa shape index (κ1) is 9.21. The molecule has 0 aliphatic heterocycles. The molecule has 0 radical (unpaired) electrons. The van der Waals surface area contributed by atoms with Crippen LogP contribution in [0.1, 0.15) is 0 Å². The Balaban J connectivity index is 2.48. The maximum atomic E-state index is 4.25. The lowest BCUT2D eigenvalue weighted by molar-refractivity contribution is 1.10. The molecule has 2 rings (SSSR count). The molecule has 3 heteroatoms. The molecule has 0 bridgehead atoms. The predicted octanol–water partition coefficient (Wildman–Crippen LogP) is 2.91. The van der Waals surface area contributed by atoms with Gasteiger partial charge in [0.15, 0.2) is 0 Å². The minimum absolute atomic E-state index is 0.876. The minimum Gasteiger partial charge on any atom is -0.236 e. The molecule has 0 saturated heterocycles. The zero-order valence-electron chi connectivity index (χ0n) is 7.68. The number of hydrogen-bond acceptors (Lipinski definition) is 3. The Morgan fingerprint density at radius 2 is 2.14 bits per heavy atom. The van der Waals surface area contributed by atoms with Crippen molar-refractivity contribution in [3.8, 4) is 0 Å². The lowest BCUT2D eigenvalue weighted by Gasteiger charge is -2.01. The first-order chi connectivity index (χ1) is 6.92. The molecular weight excluding hydrogens is 192 g/mol. The van der Waals surface area contributed by atoms with Gasteiger partial charge in [-0.15, -0.1) is 18.3 Å². The molecule has 0 fully saturated rings. The van der Waals surface area contributed by atoms with E-state index in [0.717, 1.165) is 21.7 Å². The Morgan fingerprint density at radius 1 is 1.29 bits per heavy atom. The highest BCUT2D eigenvalue weighted by Gasteiger charge is 2.01. The standard InChI is InChI=1S/C11H10N2S/c1-2-7-14-11-9-5-3-4-6-10(9)12-8-13-11/h2-6,8H,1,7H2. The molecule has 0 N–H and O–H groups in total. The van der Waals surface area contributed by atoms with Crippen molar-refractivity contribution in [1.82, 2.24) is 9.97 Å². The average molecular weight is 202 g/mol. The van der Waals surface area contributed by atoms with Crippen LogP contribution in [0.4, 0.5) is 0 Å². The smallest absolute Gasteiger partial charge is 0.117 e. The number of thioether (sulfide) groups is 1. The number of para-hydroxylation sites is 1. The summed E-state index contributed by atoms with van der Waals surface area (Å²) in [6.07, 6.45) is 3.48. The number of nitrogens with zero attached hydrogens (tertiary/aromatic N) is 2. The quantitative estimate of drug-likeness (QED) is 0.435. The molecule has 2 nitrogen and oxygen atoms in total. The van der Waals surface area contributed by atoms with E-state index >= 15 is 0 Å². The summed E-state index contributed by atoms with van der Waals surface area (Å²) in [5.41, 5.74) is 0.995. The van der Waals surface area contributed by atoms with Crippen molar-refractivity contribution in [3.05, 3.63) is 43.2 Å². The van der Waals surface area contributed by atoms with Crippen molar-refractivity contribution in [2.45, 2.75) is 5.03 Å². The summed E-state index contributed by atoms with van der Waals surface area (Å²) in [7, 11) is 0. The third-order valence-electron chi connectivity index (χ3n) is 1.84. The fourth-order valence-corrected chi connectivity index (χ4v) is 1.96. The van der Waals surface area contributed by atoms with Crippen molar-refractivity contribution in [2.24, 2.45) is 0 Å². The Morgan fingerprint density at radius 3 is 3.00 bits per heavy atom. The molecule has 70 valence electrons. The van der Waals surface area contributed by atoms with E-state index in [4.69, 9.17) is 0 Å². The first-order valence-corrected chi connectivity index (χ1v) is 5.34. The van der Waals surface area contributed by atoms with E-state index in [2.05, 4.69) is 16.5 Å². The predicted molar refractivity (Wildman–Crippen MR) is 60.5 cm³/mol. The largest absolute Gasteiger partial charge is 0.236 e. The summed E-state index contributed by atoms with van der Waals surface area (Å²) in [6, 6.07) is 8.02. The normalized spacial score (nSPS) is 10.3. The molecular formula is C11H10N2S. The maximum absolute atomic E-state index is 4.25. The Hall–Kier alpha value is -1.35. The molecule has 1 heterocycles. The topological polar surface area (TPSA) is 25.8 Å². The van der Waals surface area contributed by atoms with Gasteiger partial charge in [-0.25, -0.2) is 9.97 Å². The summed E-state index contributed by atoms with van der Waals surface area (Å²) < 4.78 is 0. The van der Waals surface area contributed by atoms with E-state index in [1.54, 1.807) is 18.1 Å². The van der Waals surface area contributed by atoms with Crippen molar-refractivity contribution >= 4 is 22.7 Å². The minimum atomic E-state index is 0.876. The molecule has 0 atom stereocenters. The third kappa shape index (κ3) is 1.77. The van der Waals surface area contributed by atoms with Crippen molar-refractivity contribution < 1.29 is 0 Å². The van der Waals surface area contributed by atoms with E-state index in [-0.39, 0.29) is 0 Å². The van der Waals surface area contributed by atoms with Crippen LogP contribution < -0.4 is 0 Å². The van der Waals surface area contributed by atoms with Gasteiger partial charge in [0.1, 0.15) is 11.4 Å². The number of benzene rings is 1. The van der Waals surface area contributed by atoms with Crippen molar-refractivity contribution in [2.75, 3.05) is 5.75 Å². The van der Waals surface area contributed by atoms with E-state index in [0.29, 0.717) is 0 Å². The van der Waals surface area contributed by atoms with Gasteiger partial charge in [0.25, 0.3) is 0 Å². The third-order valence-corrected chi connectivity index (χ3v) is 2.85. The van der Waals surface area contributed by atoms with Crippen LogP contribution in [0.15, 0.2) is 48.3 Å². The molecule has 14 heavy (non-hydrogen) atoms. The molecule has 0 aliphatic carbocycles. The van der Waals surface area contributed by atoms with Crippen LogP contribution in [-0.2, 0) is 0 Å². The van der Waals surface area contributed by atoms with Crippen LogP contribution in [-0.4, -0.2) is 15.7 Å². The van der Waals surface area contributed by atoms with Crippen LogP contribution >= 0.6 is 11.8 Å². The zero-order chi connectivity index (χ0) is 9.80. The van der Waals surface area contributed by atoms with E-state index in [1.165, 1.54) is 0 Å². The Labute approximate surface area is 87.1 Å². The molecule has 0 saturated carbocycles. The molecule has 1 aromatic heterocycles. The van der Waals surface area contributed by atoms with Crippen LogP contribution in [0.3, 0.4) is 0 Å². The monoisotopic (exact) mass is 202 g/mol. The fourth-order valence-electron chi connectivity index (χ4n) is 1.23. The molecule has 0 amide bonds. The van der Waals surface area contributed by atoms with Crippen LogP contribution in [0.5, 0.6) is 0 Å². The molecule has 2 aromatic rings. The fraction of sp³-hybridized carbons (Fsp3) is 0.0909. The Kier molecular flexibility index (Phi) is 2.79. The van der Waals surface area contributed by atoms with E-state index in [1.807, 2.05) is 30.3 Å². The van der Waals surface area contributed by atoms with Gasteiger partial charge in [-0.05, 0) is 6.07 Å². The van der Waals surface area contributed by atoms with Crippen molar-refractivity contribution in [1.29, 1.82) is 0 Å². The van der Waals surface area contributed by atoms with Crippen LogP contribution in [0.2, 0.25) is 0 Å². The van der Waals surface area contributed by atoms with Gasteiger partial charge < -0.3 is 0 Å². The van der Waals surface area contributed by atoms with Gasteiger partial charge in [0.05, 0.1) is 5.52 Å². The second-order valence-corrected chi connectivity index (χ2v) is 3.80. The number of aromatic nitrogens is 2. The summed E-state index contributed by atoms with van der Waals surface area (Å²) >= 11 is 1.68. The first-order valence-electron chi connectivity index (χ1n) is 4.35. The molecule has 0 unspecified atom stereocenters. The summed E-state index contributed by atoms with van der Waals surface area (Å²) in [4.78, 5) is 8.45. The van der Waals surface area contributed by atoms with E-state index in [9.17, 15) is 0 Å².